The molecular weight excluding hydrogens is 495 g/mol. The third-order valence-corrected chi connectivity index (χ3v) is 6.74. The summed E-state index contributed by atoms with van der Waals surface area (Å²) in [7, 11) is 0. The number of thiocarbonyl (C=S) groups is 1. The fraction of sp³-hybridized carbons (Fsp3) is 0.273. The maximum absolute atomic E-state index is 12.9. The Labute approximate surface area is 208 Å². The van der Waals surface area contributed by atoms with Crippen molar-refractivity contribution in [2.45, 2.75) is 13.8 Å². The number of ether oxygens (including phenoxy) is 1. The number of halogens is 3. The summed E-state index contributed by atoms with van der Waals surface area (Å²) in [6.07, 6.45) is 1.77. The standard InChI is InChI=1S/C22H22Cl2N2O2S2.ClH/c1-3-25(4-2)11-12-28-17-8-6-16(7-9-17)26-21(27)20(30-22(26)29)14-15-5-10-18(23)19(24)13-15;/h5-10,13-14H,3-4,11-12H2,1-2H3;1H. The van der Waals surface area contributed by atoms with E-state index in [9.17, 15) is 4.79 Å². The molecule has 0 aliphatic carbocycles. The van der Waals surface area contributed by atoms with Crippen LogP contribution < -0.4 is 9.64 Å². The van der Waals surface area contributed by atoms with Gasteiger partial charge in [-0.15, -0.1) is 12.4 Å². The number of benzene rings is 2. The van der Waals surface area contributed by atoms with Crippen LogP contribution in [-0.4, -0.2) is 41.4 Å². The molecule has 0 aromatic heterocycles. The number of nitrogens with zero attached hydrogens (tertiary/aromatic N) is 2. The maximum atomic E-state index is 12.9. The summed E-state index contributed by atoms with van der Waals surface area (Å²) in [5.74, 6) is 0.606. The molecule has 1 aliphatic rings. The van der Waals surface area contributed by atoms with Crippen LogP contribution in [0.3, 0.4) is 0 Å². The summed E-state index contributed by atoms with van der Waals surface area (Å²) in [5.41, 5.74) is 1.51. The number of carbonyl (C=O) groups is 1. The second kappa shape index (κ2) is 12.1. The maximum Gasteiger partial charge on any atom is 0.270 e. The van der Waals surface area contributed by atoms with Gasteiger partial charge in [-0.25, -0.2) is 0 Å². The minimum Gasteiger partial charge on any atom is -0.492 e. The molecular formula is C22H23Cl3N2O2S2. The van der Waals surface area contributed by atoms with Crippen molar-refractivity contribution >= 4 is 81.6 Å². The Kier molecular flexibility index (Phi) is 10.1. The van der Waals surface area contributed by atoms with Crippen molar-refractivity contribution in [1.29, 1.82) is 0 Å². The quantitative estimate of drug-likeness (QED) is 0.293. The molecule has 1 aliphatic heterocycles. The smallest absolute Gasteiger partial charge is 0.270 e. The molecule has 2 aromatic rings. The average molecular weight is 518 g/mol. The number of hydrogen-bond donors (Lipinski definition) is 0. The summed E-state index contributed by atoms with van der Waals surface area (Å²) in [6.45, 7) is 7.77. The average Bonchev–Trinajstić information content (AvgIpc) is 3.01. The predicted octanol–water partition coefficient (Wildman–Crippen LogP) is 6.54. The largest absolute Gasteiger partial charge is 0.492 e. The highest BCUT2D eigenvalue weighted by Gasteiger charge is 2.33. The first-order chi connectivity index (χ1) is 14.4. The first-order valence-electron chi connectivity index (χ1n) is 9.61. The zero-order chi connectivity index (χ0) is 21.7. The lowest BCUT2D eigenvalue weighted by Crippen LogP contribution is -2.28. The van der Waals surface area contributed by atoms with Crippen molar-refractivity contribution in [3.63, 3.8) is 0 Å². The van der Waals surface area contributed by atoms with Crippen LogP contribution in [0.4, 0.5) is 5.69 Å². The molecule has 1 heterocycles. The van der Waals surface area contributed by atoms with Crippen molar-refractivity contribution in [2.75, 3.05) is 31.1 Å². The molecule has 1 fully saturated rings. The molecule has 2 aromatic carbocycles. The number of thioether (sulfide) groups is 1. The summed E-state index contributed by atoms with van der Waals surface area (Å²) in [6, 6.07) is 12.7. The van der Waals surface area contributed by atoms with E-state index in [2.05, 4.69) is 18.7 Å². The molecule has 4 nitrogen and oxygen atoms in total. The molecule has 0 unspecified atom stereocenters. The van der Waals surface area contributed by atoms with Gasteiger partial charge in [0.05, 0.1) is 20.6 Å². The Morgan fingerprint density at radius 2 is 1.77 bits per heavy atom. The summed E-state index contributed by atoms with van der Waals surface area (Å²) in [4.78, 5) is 17.3. The Bertz CT molecular complexity index is 964. The third-order valence-electron chi connectivity index (χ3n) is 4.70. The molecule has 31 heavy (non-hydrogen) atoms. The third kappa shape index (κ3) is 6.60. The lowest BCUT2D eigenvalue weighted by molar-refractivity contribution is -0.113. The van der Waals surface area contributed by atoms with Gasteiger partial charge >= 0.3 is 0 Å². The molecule has 0 atom stereocenters. The molecule has 1 saturated heterocycles. The van der Waals surface area contributed by atoms with Crippen LogP contribution >= 0.6 is 59.6 Å². The van der Waals surface area contributed by atoms with Gasteiger partial charge in [-0.3, -0.25) is 9.69 Å². The van der Waals surface area contributed by atoms with Gasteiger partial charge in [0.15, 0.2) is 4.32 Å². The fourth-order valence-corrected chi connectivity index (χ4v) is 4.57. The van der Waals surface area contributed by atoms with Gasteiger partial charge in [-0.2, -0.15) is 0 Å². The highest BCUT2D eigenvalue weighted by Crippen LogP contribution is 2.37. The van der Waals surface area contributed by atoms with Crippen molar-refractivity contribution in [1.82, 2.24) is 4.90 Å². The number of rotatable bonds is 8. The van der Waals surface area contributed by atoms with Gasteiger partial charge in [0.1, 0.15) is 12.4 Å². The van der Waals surface area contributed by atoms with E-state index >= 15 is 0 Å². The number of amides is 1. The minimum absolute atomic E-state index is 0. The Hall–Kier alpha value is -1.28. The van der Waals surface area contributed by atoms with E-state index in [1.807, 2.05) is 30.3 Å². The molecule has 0 saturated carbocycles. The van der Waals surface area contributed by atoms with Gasteiger partial charge in [-0.1, -0.05) is 67.1 Å². The molecule has 0 radical (unpaired) electrons. The lowest BCUT2D eigenvalue weighted by Gasteiger charge is -2.18. The van der Waals surface area contributed by atoms with Crippen molar-refractivity contribution < 1.29 is 9.53 Å². The van der Waals surface area contributed by atoms with Crippen molar-refractivity contribution in [2.24, 2.45) is 0 Å². The Balaban J connectivity index is 0.00000341. The highest BCUT2D eigenvalue weighted by atomic mass is 35.5. The van der Waals surface area contributed by atoms with E-state index in [0.717, 1.165) is 30.9 Å². The SMILES string of the molecule is CCN(CC)CCOc1ccc(N2C(=O)C(=Cc3ccc(Cl)c(Cl)c3)SC2=S)cc1.Cl. The molecule has 0 spiro atoms. The first-order valence-corrected chi connectivity index (χ1v) is 11.6. The molecule has 0 N–H and O–H groups in total. The van der Waals surface area contributed by atoms with Crippen LogP contribution in [0.25, 0.3) is 6.08 Å². The number of carbonyl (C=O) groups excluding carboxylic acids is 1. The van der Waals surface area contributed by atoms with Crippen LogP contribution in [0.1, 0.15) is 19.4 Å². The summed E-state index contributed by atoms with van der Waals surface area (Å²) < 4.78 is 6.30. The van der Waals surface area contributed by atoms with Gasteiger partial charge in [0, 0.05) is 6.54 Å². The molecule has 0 bridgehead atoms. The molecule has 9 heteroatoms. The highest BCUT2D eigenvalue weighted by molar-refractivity contribution is 8.27. The van der Waals surface area contributed by atoms with E-state index in [1.54, 1.807) is 18.2 Å². The second-order valence-electron chi connectivity index (χ2n) is 6.56. The van der Waals surface area contributed by atoms with E-state index in [-0.39, 0.29) is 18.3 Å². The van der Waals surface area contributed by atoms with Gasteiger partial charge < -0.3 is 9.64 Å². The van der Waals surface area contributed by atoms with E-state index in [1.165, 1.54) is 16.7 Å². The summed E-state index contributed by atoms with van der Waals surface area (Å²) in [5, 5.41) is 0.915. The monoisotopic (exact) mass is 516 g/mol. The van der Waals surface area contributed by atoms with Crippen molar-refractivity contribution in [3.05, 3.63) is 63.0 Å². The van der Waals surface area contributed by atoms with E-state index in [0.29, 0.717) is 31.6 Å². The minimum atomic E-state index is -0.161. The lowest BCUT2D eigenvalue weighted by atomic mass is 10.2. The van der Waals surface area contributed by atoms with Crippen molar-refractivity contribution in [3.8, 4) is 5.75 Å². The topological polar surface area (TPSA) is 32.8 Å². The Morgan fingerprint density at radius 3 is 2.39 bits per heavy atom. The Morgan fingerprint density at radius 1 is 1.10 bits per heavy atom. The van der Waals surface area contributed by atoms with Gasteiger partial charge in [0.25, 0.3) is 5.91 Å². The zero-order valence-electron chi connectivity index (χ0n) is 17.1. The van der Waals surface area contributed by atoms with Crippen LogP contribution in [0.2, 0.25) is 10.0 Å². The zero-order valence-corrected chi connectivity index (χ0v) is 21.1. The fourth-order valence-electron chi connectivity index (χ4n) is 2.97. The van der Waals surface area contributed by atoms with Crippen LogP contribution in [0.15, 0.2) is 47.4 Å². The molecule has 166 valence electrons. The van der Waals surface area contributed by atoms with Crippen LogP contribution in [-0.2, 0) is 4.79 Å². The van der Waals surface area contributed by atoms with Gasteiger partial charge in [0.2, 0.25) is 0 Å². The molecule has 3 rings (SSSR count). The van der Waals surface area contributed by atoms with Crippen LogP contribution in [0.5, 0.6) is 5.75 Å². The molecule has 1 amide bonds. The van der Waals surface area contributed by atoms with E-state index in [4.69, 9.17) is 40.2 Å². The second-order valence-corrected chi connectivity index (χ2v) is 9.05. The van der Waals surface area contributed by atoms with E-state index < -0.39 is 0 Å². The van der Waals surface area contributed by atoms with Gasteiger partial charge in [-0.05, 0) is 61.1 Å². The number of hydrogen-bond acceptors (Lipinski definition) is 5. The predicted molar refractivity (Wildman–Crippen MR) is 139 cm³/mol. The number of likely N-dealkylation sites (N-methyl/N-ethyl adjacent to an activating group) is 1. The first kappa shape index (κ1) is 26.0. The summed E-state index contributed by atoms with van der Waals surface area (Å²) >= 11 is 18.7. The van der Waals surface area contributed by atoms with Crippen LogP contribution in [0, 0.1) is 0 Å². The number of anilines is 1. The normalized spacial score (nSPS) is 15.0.